The summed E-state index contributed by atoms with van der Waals surface area (Å²) in [5, 5.41) is 0. The largest absolute Gasteiger partial charge is 0.462 e. The quantitative estimate of drug-likeness (QED) is 0.309. The SMILES string of the molecule is CCOC(=O)/C(=C/C=C(\c1ccccc1)N(C)C)Sc1ccccc1. The third-order valence-corrected chi connectivity index (χ3v) is 4.42. The number of carbonyl (C=O) groups excluding carboxylic acids is 1. The van der Waals surface area contributed by atoms with Crippen LogP contribution >= 0.6 is 11.8 Å². The highest BCUT2D eigenvalue weighted by Crippen LogP contribution is 2.28. The zero-order valence-corrected chi connectivity index (χ0v) is 15.6. The fraction of sp³-hybridized carbons (Fsp3) is 0.190. The van der Waals surface area contributed by atoms with E-state index in [2.05, 4.69) is 0 Å². The minimum atomic E-state index is -0.307. The lowest BCUT2D eigenvalue weighted by Crippen LogP contribution is -2.10. The highest BCUT2D eigenvalue weighted by Gasteiger charge is 2.12. The Hall–Kier alpha value is -2.46. The highest BCUT2D eigenvalue weighted by molar-refractivity contribution is 8.04. The molecule has 3 nitrogen and oxygen atoms in total. The molecule has 0 amide bonds. The van der Waals surface area contributed by atoms with Crippen molar-refractivity contribution in [3.8, 4) is 0 Å². The summed E-state index contributed by atoms with van der Waals surface area (Å²) in [6, 6.07) is 19.9. The molecule has 0 aliphatic heterocycles. The minimum absolute atomic E-state index is 0.307. The van der Waals surface area contributed by atoms with Crippen LogP contribution in [0.4, 0.5) is 0 Å². The van der Waals surface area contributed by atoms with E-state index in [-0.39, 0.29) is 5.97 Å². The van der Waals surface area contributed by atoms with Crippen LogP contribution < -0.4 is 0 Å². The van der Waals surface area contributed by atoms with Crippen molar-refractivity contribution in [1.82, 2.24) is 4.90 Å². The van der Waals surface area contributed by atoms with Gasteiger partial charge in [-0.1, -0.05) is 60.3 Å². The molecule has 2 aromatic carbocycles. The van der Waals surface area contributed by atoms with Crippen molar-refractivity contribution in [3.63, 3.8) is 0 Å². The first kappa shape index (κ1) is 18.9. The number of rotatable bonds is 7. The van der Waals surface area contributed by atoms with Crippen molar-refractivity contribution < 1.29 is 9.53 Å². The molecule has 130 valence electrons. The number of benzene rings is 2. The predicted molar refractivity (Wildman–Crippen MR) is 105 cm³/mol. The first-order chi connectivity index (χ1) is 12.1. The maximum atomic E-state index is 12.3. The number of hydrogen-bond acceptors (Lipinski definition) is 4. The maximum absolute atomic E-state index is 12.3. The Kier molecular flexibility index (Phi) is 7.36. The number of esters is 1. The molecule has 0 N–H and O–H groups in total. The normalized spacial score (nSPS) is 12.0. The smallest absolute Gasteiger partial charge is 0.344 e. The molecule has 0 aromatic heterocycles. The first-order valence-electron chi connectivity index (χ1n) is 8.16. The van der Waals surface area contributed by atoms with Crippen LogP contribution in [0.1, 0.15) is 12.5 Å². The van der Waals surface area contributed by atoms with Crippen molar-refractivity contribution in [2.45, 2.75) is 11.8 Å². The van der Waals surface area contributed by atoms with Crippen LogP contribution in [-0.2, 0) is 9.53 Å². The number of thioether (sulfide) groups is 1. The Labute approximate surface area is 154 Å². The molecule has 0 saturated heterocycles. The van der Waals surface area contributed by atoms with Crippen LogP contribution in [0.5, 0.6) is 0 Å². The highest BCUT2D eigenvalue weighted by atomic mass is 32.2. The Morgan fingerprint density at radius 3 is 2.16 bits per heavy atom. The molecule has 0 spiro atoms. The molecular weight excluding hydrogens is 330 g/mol. The van der Waals surface area contributed by atoms with Gasteiger partial charge in [0.25, 0.3) is 0 Å². The van der Waals surface area contributed by atoms with Gasteiger partial charge in [0.05, 0.1) is 11.5 Å². The van der Waals surface area contributed by atoms with Crippen molar-refractivity contribution in [1.29, 1.82) is 0 Å². The summed E-state index contributed by atoms with van der Waals surface area (Å²) in [5.41, 5.74) is 2.12. The van der Waals surface area contributed by atoms with Gasteiger partial charge in [-0.2, -0.15) is 0 Å². The fourth-order valence-electron chi connectivity index (χ4n) is 2.23. The molecule has 0 aliphatic rings. The summed E-state index contributed by atoms with van der Waals surface area (Å²) in [6.07, 6.45) is 3.79. The maximum Gasteiger partial charge on any atom is 0.344 e. The molecule has 0 atom stereocenters. The van der Waals surface area contributed by atoms with Gasteiger partial charge in [-0.15, -0.1) is 0 Å². The van der Waals surface area contributed by atoms with Gasteiger partial charge in [-0.05, 0) is 36.8 Å². The molecule has 0 aliphatic carbocycles. The second-order valence-corrected chi connectivity index (χ2v) is 6.59. The van der Waals surface area contributed by atoms with E-state index < -0.39 is 0 Å². The summed E-state index contributed by atoms with van der Waals surface area (Å²) < 4.78 is 5.20. The van der Waals surface area contributed by atoms with E-state index >= 15 is 0 Å². The molecule has 2 rings (SSSR count). The van der Waals surface area contributed by atoms with Crippen molar-refractivity contribution in [2.24, 2.45) is 0 Å². The third-order valence-electron chi connectivity index (χ3n) is 3.39. The lowest BCUT2D eigenvalue weighted by molar-refractivity contribution is -0.137. The molecule has 0 radical (unpaired) electrons. The van der Waals surface area contributed by atoms with Gasteiger partial charge in [0, 0.05) is 24.7 Å². The van der Waals surface area contributed by atoms with Gasteiger partial charge in [0.1, 0.15) is 0 Å². The number of carbonyl (C=O) groups is 1. The molecule has 0 fully saturated rings. The van der Waals surface area contributed by atoms with Gasteiger partial charge in [-0.25, -0.2) is 4.79 Å². The molecule has 0 heterocycles. The Bertz CT molecular complexity index is 737. The third kappa shape index (κ3) is 5.84. The van der Waals surface area contributed by atoms with Crippen LogP contribution in [0.15, 0.2) is 82.6 Å². The standard InChI is InChI=1S/C21H23NO2S/c1-4-24-21(23)20(25-18-13-9-6-10-14-18)16-15-19(22(2)3)17-11-7-5-8-12-17/h5-16H,4H2,1-3H3/b19-15+,20-16-. The predicted octanol–water partition coefficient (Wildman–Crippen LogP) is 4.83. The zero-order chi connectivity index (χ0) is 18.1. The van der Waals surface area contributed by atoms with Crippen molar-refractivity contribution >= 4 is 23.4 Å². The minimum Gasteiger partial charge on any atom is -0.462 e. The molecule has 25 heavy (non-hydrogen) atoms. The van der Waals surface area contributed by atoms with E-state index in [0.29, 0.717) is 11.5 Å². The Morgan fingerprint density at radius 1 is 1.00 bits per heavy atom. The monoisotopic (exact) mass is 353 g/mol. The van der Waals surface area contributed by atoms with E-state index in [1.165, 1.54) is 11.8 Å². The Balaban J connectivity index is 2.35. The molecule has 0 unspecified atom stereocenters. The van der Waals surface area contributed by atoms with Crippen LogP contribution in [0, 0.1) is 0 Å². The van der Waals surface area contributed by atoms with Crippen LogP contribution in [0.3, 0.4) is 0 Å². The van der Waals surface area contributed by atoms with E-state index in [4.69, 9.17) is 4.74 Å². The molecule has 0 saturated carbocycles. The second-order valence-electron chi connectivity index (χ2n) is 5.48. The summed E-state index contributed by atoms with van der Waals surface area (Å²) in [4.78, 5) is 15.9. The van der Waals surface area contributed by atoms with Gasteiger partial charge in [0.15, 0.2) is 0 Å². The molecule has 2 aromatic rings. The number of hydrogen-bond donors (Lipinski definition) is 0. The second kappa shape index (κ2) is 9.74. The van der Waals surface area contributed by atoms with Gasteiger partial charge < -0.3 is 9.64 Å². The first-order valence-corrected chi connectivity index (χ1v) is 8.98. The van der Waals surface area contributed by atoms with E-state index in [1.54, 1.807) is 0 Å². The number of ether oxygens (including phenoxy) is 1. The summed E-state index contributed by atoms with van der Waals surface area (Å²) in [5.74, 6) is -0.307. The van der Waals surface area contributed by atoms with E-state index in [0.717, 1.165) is 16.2 Å². The van der Waals surface area contributed by atoms with Gasteiger partial charge in [-0.3, -0.25) is 0 Å². The molecule has 0 bridgehead atoms. The average Bonchev–Trinajstić information content (AvgIpc) is 2.62. The van der Waals surface area contributed by atoms with Crippen LogP contribution in [-0.4, -0.2) is 31.6 Å². The van der Waals surface area contributed by atoms with E-state index in [9.17, 15) is 4.79 Å². The number of allylic oxidation sites excluding steroid dienone is 2. The van der Waals surface area contributed by atoms with Gasteiger partial charge >= 0.3 is 5.97 Å². The topological polar surface area (TPSA) is 29.5 Å². The summed E-state index contributed by atoms with van der Waals surface area (Å²) in [7, 11) is 3.97. The lowest BCUT2D eigenvalue weighted by Gasteiger charge is -2.17. The Morgan fingerprint density at radius 2 is 1.60 bits per heavy atom. The fourth-order valence-corrected chi connectivity index (χ4v) is 3.05. The molecular formula is C21H23NO2S. The summed E-state index contributed by atoms with van der Waals surface area (Å²) in [6.45, 7) is 2.17. The van der Waals surface area contributed by atoms with E-state index in [1.807, 2.05) is 98.7 Å². The van der Waals surface area contributed by atoms with Crippen LogP contribution in [0.2, 0.25) is 0 Å². The zero-order valence-electron chi connectivity index (χ0n) is 14.8. The van der Waals surface area contributed by atoms with Crippen molar-refractivity contribution in [3.05, 3.63) is 83.3 Å². The lowest BCUT2D eigenvalue weighted by atomic mass is 10.1. The molecule has 4 heteroatoms. The number of nitrogens with zero attached hydrogens (tertiary/aromatic N) is 1. The van der Waals surface area contributed by atoms with Gasteiger partial charge in [0.2, 0.25) is 0 Å². The average molecular weight is 353 g/mol. The van der Waals surface area contributed by atoms with Crippen LogP contribution in [0.25, 0.3) is 5.70 Å². The van der Waals surface area contributed by atoms with Crippen molar-refractivity contribution in [2.75, 3.05) is 20.7 Å². The summed E-state index contributed by atoms with van der Waals surface area (Å²) >= 11 is 1.41.